The number of anilines is 1. The molecule has 1 saturated carbocycles. The maximum atomic E-state index is 14.3. The Labute approximate surface area is 228 Å². The van der Waals surface area contributed by atoms with Crippen LogP contribution in [0.2, 0.25) is 0 Å². The Morgan fingerprint density at radius 1 is 0.975 bits per heavy atom. The fourth-order valence-electron chi connectivity index (χ4n) is 5.65. The summed E-state index contributed by atoms with van der Waals surface area (Å²) < 4.78 is 55.7. The van der Waals surface area contributed by atoms with Crippen molar-refractivity contribution in [3.8, 4) is 5.69 Å². The smallest absolute Gasteiger partial charge is 0.294 e. The number of aromatic nitrogens is 2. The van der Waals surface area contributed by atoms with Crippen LogP contribution in [0, 0.1) is 18.7 Å². The van der Waals surface area contributed by atoms with Gasteiger partial charge in [0.2, 0.25) is 5.91 Å². The molecule has 1 fully saturated rings. The average Bonchev–Trinajstić information content (AvgIpc) is 3.72. The summed E-state index contributed by atoms with van der Waals surface area (Å²) in [6.07, 6.45) is -3.32. The molecule has 40 heavy (non-hydrogen) atoms. The van der Waals surface area contributed by atoms with Crippen molar-refractivity contribution >= 4 is 17.5 Å². The monoisotopic (exact) mass is 547 g/mol. The third-order valence-corrected chi connectivity index (χ3v) is 7.64. The van der Waals surface area contributed by atoms with E-state index in [4.69, 9.17) is 5.10 Å². The minimum atomic E-state index is -4.60. The largest absolute Gasteiger partial charge is 0.416 e. The summed E-state index contributed by atoms with van der Waals surface area (Å²) >= 11 is 0. The molecule has 2 atom stereocenters. The fourth-order valence-corrected chi connectivity index (χ4v) is 5.65. The summed E-state index contributed by atoms with van der Waals surface area (Å²) in [6.45, 7) is 1.83. The number of ketones is 1. The summed E-state index contributed by atoms with van der Waals surface area (Å²) in [6, 6.07) is 19.4. The number of rotatable bonds is 6. The first-order valence-electron chi connectivity index (χ1n) is 13.1. The number of hydrogen-bond acceptors (Lipinski definition) is 3. The van der Waals surface area contributed by atoms with E-state index in [0.29, 0.717) is 17.1 Å². The SMILES string of the molecule is Cc1nn(-c2ccccc2)c2c1[C@H](c1ccc(F)cc1)[C@H](CC(=O)c1cccc(C(F)(F)F)c1)C(=O)N2C1CC1. The summed E-state index contributed by atoms with van der Waals surface area (Å²) in [5.74, 6) is -2.24. The molecule has 6 rings (SSSR count). The number of halogens is 4. The number of aryl methyl sites for hydroxylation is 1. The number of para-hydroxylation sites is 1. The van der Waals surface area contributed by atoms with Crippen LogP contribution in [-0.2, 0) is 11.0 Å². The first-order valence-corrected chi connectivity index (χ1v) is 13.1. The quantitative estimate of drug-likeness (QED) is 0.196. The summed E-state index contributed by atoms with van der Waals surface area (Å²) in [5.41, 5.74) is 1.77. The number of fused-ring (bicyclic) bond motifs is 1. The number of alkyl halides is 3. The van der Waals surface area contributed by atoms with Crippen molar-refractivity contribution in [2.24, 2.45) is 5.92 Å². The highest BCUT2D eigenvalue weighted by Crippen LogP contribution is 2.50. The van der Waals surface area contributed by atoms with Gasteiger partial charge in [-0.15, -0.1) is 0 Å². The van der Waals surface area contributed by atoms with Crippen molar-refractivity contribution < 1.29 is 27.2 Å². The minimum Gasteiger partial charge on any atom is -0.294 e. The van der Waals surface area contributed by atoms with E-state index in [0.717, 1.165) is 36.2 Å². The number of benzene rings is 3. The van der Waals surface area contributed by atoms with E-state index in [1.807, 2.05) is 37.3 Å². The Morgan fingerprint density at radius 2 is 1.68 bits per heavy atom. The van der Waals surface area contributed by atoms with Crippen LogP contribution in [0.5, 0.6) is 0 Å². The Bertz CT molecular complexity index is 1590. The van der Waals surface area contributed by atoms with Gasteiger partial charge in [-0.1, -0.05) is 42.5 Å². The third-order valence-electron chi connectivity index (χ3n) is 7.64. The molecule has 0 N–H and O–H groups in total. The Kier molecular flexibility index (Phi) is 6.32. The van der Waals surface area contributed by atoms with Gasteiger partial charge in [-0.2, -0.15) is 18.3 Å². The van der Waals surface area contributed by atoms with Crippen LogP contribution in [0.25, 0.3) is 5.69 Å². The van der Waals surface area contributed by atoms with E-state index in [2.05, 4.69) is 0 Å². The molecule has 0 spiro atoms. The van der Waals surface area contributed by atoms with Crippen LogP contribution in [0.15, 0.2) is 78.9 Å². The zero-order chi connectivity index (χ0) is 28.2. The fraction of sp³-hybridized carbons (Fsp3) is 0.258. The number of nitrogens with zero attached hydrogens (tertiary/aromatic N) is 3. The van der Waals surface area contributed by atoms with E-state index in [1.165, 1.54) is 24.3 Å². The second-order valence-electron chi connectivity index (χ2n) is 10.4. The van der Waals surface area contributed by atoms with E-state index in [-0.39, 0.29) is 23.9 Å². The van der Waals surface area contributed by atoms with Gasteiger partial charge in [0.15, 0.2) is 5.78 Å². The van der Waals surface area contributed by atoms with Gasteiger partial charge < -0.3 is 0 Å². The molecular weight excluding hydrogens is 522 g/mol. The molecule has 1 aromatic heterocycles. The van der Waals surface area contributed by atoms with Gasteiger partial charge in [-0.3, -0.25) is 14.5 Å². The van der Waals surface area contributed by atoms with Crippen molar-refractivity contribution in [3.63, 3.8) is 0 Å². The van der Waals surface area contributed by atoms with Crippen molar-refractivity contribution in [1.29, 1.82) is 0 Å². The zero-order valence-corrected chi connectivity index (χ0v) is 21.5. The predicted molar refractivity (Wildman–Crippen MR) is 141 cm³/mol. The summed E-state index contributed by atoms with van der Waals surface area (Å²) in [4.78, 5) is 29.5. The van der Waals surface area contributed by atoms with Crippen molar-refractivity contribution in [2.75, 3.05) is 4.90 Å². The lowest BCUT2D eigenvalue weighted by molar-refractivity contribution is -0.137. The maximum Gasteiger partial charge on any atom is 0.416 e. The molecule has 2 heterocycles. The Hall–Kier alpha value is -4.27. The molecule has 1 aliphatic carbocycles. The van der Waals surface area contributed by atoms with Crippen LogP contribution in [-0.4, -0.2) is 27.5 Å². The molecule has 0 unspecified atom stereocenters. The van der Waals surface area contributed by atoms with Crippen LogP contribution >= 0.6 is 0 Å². The lowest BCUT2D eigenvalue weighted by Crippen LogP contribution is -2.46. The van der Waals surface area contributed by atoms with E-state index >= 15 is 0 Å². The van der Waals surface area contributed by atoms with E-state index < -0.39 is 35.2 Å². The van der Waals surface area contributed by atoms with Gasteiger partial charge in [-0.05, 0) is 61.7 Å². The maximum absolute atomic E-state index is 14.3. The first-order chi connectivity index (χ1) is 19.1. The summed E-state index contributed by atoms with van der Waals surface area (Å²) in [7, 11) is 0. The molecule has 9 heteroatoms. The van der Waals surface area contributed by atoms with Crippen LogP contribution in [0.4, 0.5) is 23.4 Å². The number of hydrogen-bond donors (Lipinski definition) is 0. The molecule has 1 aliphatic heterocycles. The highest BCUT2D eigenvalue weighted by molar-refractivity contribution is 6.05. The highest BCUT2D eigenvalue weighted by atomic mass is 19.4. The highest BCUT2D eigenvalue weighted by Gasteiger charge is 2.50. The molecule has 0 radical (unpaired) electrons. The van der Waals surface area contributed by atoms with Crippen molar-refractivity contribution in [3.05, 3.63) is 113 Å². The molecule has 0 bridgehead atoms. The van der Waals surface area contributed by atoms with Crippen molar-refractivity contribution in [1.82, 2.24) is 9.78 Å². The van der Waals surface area contributed by atoms with Gasteiger partial charge >= 0.3 is 6.18 Å². The molecule has 204 valence electrons. The van der Waals surface area contributed by atoms with Gasteiger partial charge in [0, 0.05) is 29.5 Å². The Morgan fingerprint density at radius 3 is 2.33 bits per heavy atom. The second kappa shape index (κ2) is 9.73. The lowest BCUT2D eigenvalue weighted by atomic mass is 9.74. The van der Waals surface area contributed by atoms with E-state index in [1.54, 1.807) is 21.7 Å². The topological polar surface area (TPSA) is 55.2 Å². The van der Waals surface area contributed by atoms with Gasteiger partial charge in [-0.25, -0.2) is 9.07 Å². The second-order valence-corrected chi connectivity index (χ2v) is 10.4. The average molecular weight is 548 g/mol. The molecule has 4 aromatic rings. The van der Waals surface area contributed by atoms with Crippen molar-refractivity contribution in [2.45, 2.75) is 44.3 Å². The number of carbonyl (C=O) groups is 2. The molecule has 2 aliphatic rings. The molecule has 3 aromatic carbocycles. The first kappa shape index (κ1) is 26.0. The van der Waals surface area contributed by atoms with Crippen LogP contribution in [0.3, 0.4) is 0 Å². The van der Waals surface area contributed by atoms with Gasteiger partial charge in [0.05, 0.1) is 22.9 Å². The summed E-state index contributed by atoms with van der Waals surface area (Å²) in [5, 5.41) is 4.80. The van der Waals surface area contributed by atoms with Gasteiger partial charge in [0.25, 0.3) is 0 Å². The Balaban J connectivity index is 1.50. The molecular formula is C31H25F4N3O2. The lowest BCUT2D eigenvalue weighted by Gasteiger charge is -2.38. The number of amides is 1. The molecule has 1 amide bonds. The zero-order valence-electron chi connectivity index (χ0n) is 21.5. The number of Topliss-reactive ketones (excluding diaryl/α,β-unsaturated/α-hetero) is 1. The normalized spacial score (nSPS) is 19.0. The molecule has 5 nitrogen and oxygen atoms in total. The predicted octanol–water partition coefficient (Wildman–Crippen LogP) is 6.87. The minimum absolute atomic E-state index is 0.0647. The molecule has 0 saturated heterocycles. The number of carbonyl (C=O) groups excluding carboxylic acids is 2. The van der Waals surface area contributed by atoms with Crippen LogP contribution < -0.4 is 4.90 Å². The van der Waals surface area contributed by atoms with E-state index in [9.17, 15) is 27.2 Å². The van der Waals surface area contributed by atoms with Gasteiger partial charge in [0.1, 0.15) is 11.6 Å². The third kappa shape index (κ3) is 4.59. The van der Waals surface area contributed by atoms with Crippen LogP contribution in [0.1, 0.15) is 57.9 Å². The standard InChI is InChI=1S/C31H25F4N3O2/c1-18-27-28(19-10-12-22(32)13-11-19)25(17-26(39)20-6-5-7-21(16-20)31(33,34)35)30(40)37(23-14-15-23)29(27)38(36-18)24-8-3-2-4-9-24/h2-13,16,23,25,28H,14-15,17H2,1H3/t25-,28+/m0/s1.